The first-order chi connectivity index (χ1) is 7.84. The Morgan fingerprint density at radius 3 is 2.35 bits per heavy atom. The van der Waals surface area contributed by atoms with Crippen LogP contribution < -0.4 is 16.4 Å². The molecule has 7 nitrogen and oxygen atoms in total. The van der Waals surface area contributed by atoms with Crippen molar-refractivity contribution in [2.45, 2.75) is 38.8 Å². The summed E-state index contributed by atoms with van der Waals surface area (Å²) in [7, 11) is 0. The first-order valence-electron chi connectivity index (χ1n) is 5.37. The molecule has 17 heavy (non-hydrogen) atoms. The van der Waals surface area contributed by atoms with Gasteiger partial charge in [-0.3, -0.25) is 14.4 Å². The Bertz CT molecular complexity index is 283. The lowest BCUT2D eigenvalue weighted by Gasteiger charge is -2.14. The maximum Gasteiger partial charge on any atom is 0.300 e. The van der Waals surface area contributed by atoms with Crippen molar-refractivity contribution in [3.63, 3.8) is 0 Å². The zero-order valence-corrected chi connectivity index (χ0v) is 10.0. The van der Waals surface area contributed by atoms with Crippen LogP contribution in [0.4, 0.5) is 0 Å². The molecule has 1 heterocycles. The number of nitrogens with two attached hydrogens (primary N) is 1. The molecule has 1 rings (SSSR count). The van der Waals surface area contributed by atoms with Crippen LogP contribution >= 0.6 is 0 Å². The molecule has 0 radical (unpaired) electrons. The van der Waals surface area contributed by atoms with Crippen LogP contribution in [0.2, 0.25) is 0 Å². The van der Waals surface area contributed by atoms with Crippen molar-refractivity contribution < 1.29 is 19.5 Å². The van der Waals surface area contributed by atoms with E-state index >= 15 is 0 Å². The third-order valence-electron chi connectivity index (χ3n) is 2.16. The predicted octanol–water partition coefficient (Wildman–Crippen LogP) is -1.18. The summed E-state index contributed by atoms with van der Waals surface area (Å²) in [6.07, 6.45) is 1.83. The first kappa shape index (κ1) is 15.4. The molecule has 1 aliphatic heterocycles. The molecule has 98 valence electrons. The smallest absolute Gasteiger partial charge is 0.300 e. The number of carbonyl (C=O) groups excluding carboxylic acids is 2. The lowest BCUT2D eigenvalue weighted by Crippen LogP contribution is -2.48. The molecule has 0 aromatic heterocycles. The van der Waals surface area contributed by atoms with Crippen LogP contribution in [0.3, 0.4) is 0 Å². The molecule has 7 heteroatoms. The number of aliphatic carboxylic acids is 1. The number of carbonyl (C=O) groups is 3. The number of carboxylic acid groups (broad SMARTS) is 1. The lowest BCUT2D eigenvalue weighted by atomic mass is 10.2. The van der Waals surface area contributed by atoms with Crippen molar-refractivity contribution in [2.24, 2.45) is 5.73 Å². The van der Waals surface area contributed by atoms with E-state index in [2.05, 4.69) is 10.6 Å². The van der Waals surface area contributed by atoms with E-state index in [1.54, 1.807) is 6.92 Å². The summed E-state index contributed by atoms with van der Waals surface area (Å²) in [5.74, 6) is -1.48. The Hall–Kier alpha value is -1.63. The monoisotopic (exact) mass is 245 g/mol. The molecule has 0 bridgehead atoms. The average Bonchev–Trinajstić information content (AvgIpc) is 2.68. The Morgan fingerprint density at radius 2 is 2.00 bits per heavy atom. The molecule has 1 saturated heterocycles. The minimum atomic E-state index is -0.833. The van der Waals surface area contributed by atoms with Crippen molar-refractivity contribution in [1.82, 2.24) is 10.6 Å². The molecule has 0 saturated carbocycles. The summed E-state index contributed by atoms with van der Waals surface area (Å²) in [5, 5.41) is 13.0. The van der Waals surface area contributed by atoms with Gasteiger partial charge < -0.3 is 21.5 Å². The third-order valence-corrected chi connectivity index (χ3v) is 2.16. The highest BCUT2D eigenvalue weighted by Gasteiger charge is 2.23. The lowest BCUT2D eigenvalue weighted by molar-refractivity contribution is -0.134. The highest BCUT2D eigenvalue weighted by Crippen LogP contribution is 2.04. The number of amides is 2. The molecule has 5 N–H and O–H groups in total. The van der Waals surface area contributed by atoms with Crippen LogP contribution in [0.25, 0.3) is 0 Å². The summed E-state index contributed by atoms with van der Waals surface area (Å²) in [6, 6.07) is -0.739. The Balaban J connectivity index is 0.000000557. The normalized spacial score (nSPS) is 19.8. The van der Waals surface area contributed by atoms with E-state index < -0.39 is 17.9 Å². The average molecular weight is 245 g/mol. The quantitative estimate of drug-likeness (QED) is 0.498. The zero-order chi connectivity index (χ0) is 13.4. The molecular formula is C10H19N3O4. The molecular weight excluding hydrogens is 226 g/mol. The van der Waals surface area contributed by atoms with Gasteiger partial charge in [-0.05, 0) is 26.3 Å². The zero-order valence-electron chi connectivity index (χ0n) is 10.0. The summed E-state index contributed by atoms with van der Waals surface area (Å²) in [6.45, 7) is 3.53. The number of nitrogens with one attached hydrogen (secondary N) is 2. The topological polar surface area (TPSA) is 122 Å². The van der Waals surface area contributed by atoms with Crippen LogP contribution in [0.15, 0.2) is 0 Å². The fourth-order valence-corrected chi connectivity index (χ4v) is 1.29. The van der Waals surface area contributed by atoms with Crippen molar-refractivity contribution in [3.8, 4) is 0 Å². The van der Waals surface area contributed by atoms with E-state index in [9.17, 15) is 9.59 Å². The summed E-state index contributed by atoms with van der Waals surface area (Å²) < 4.78 is 0. The minimum absolute atomic E-state index is 0.135. The van der Waals surface area contributed by atoms with Gasteiger partial charge in [-0.2, -0.15) is 0 Å². The minimum Gasteiger partial charge on any atom is -0.481 e. The van der Waals surface area contributed by atoms with Crippen LogP contribution in [0, 0.1) is 0 Å². The van der Waals surface area contributed by atoms with Gasteiger partial charge in [0.05, 0.1) is 6.04 Å². The number of hydrogen-bond donors (Lipinski definition) is 4. The standard InChI is InChI=1S/C8H15N3O2.C2H4O2/c1-5(7(9)12)11-8(13)6-3-2-4-10-6;1-2(3)4/h5-6,10H,2-4H2,1H3,(H2,9,12)(H,11,13);1H3,(H,3,4)/t5-,6+;/m1./s1. The van der Waals surface area contributed by atoms with E-state index in [0.717, 1.165) is 26.3 Å². The van der Waals surface area contributed by atoms with Crippen molar-refractivity contribution in [3.05, 3.63) is 0 Å². The van der Waals surface area contributed by atoms with Crippen molar-refractivity contribution >= 4 is 17.8 Å². The maximum absolute atomic E-state index is 11.4. The predicted molar refractivity (Wildman–Crippen MR) is 61.1 cm³/mol. The fourth-order valence-electron chi connectivity index (χ4n) is 1.29. The SMILES string of the molecule is CC(=O)O.C[C@@H](NC(=O)[C@@H]1CCCN1)C(N)=O. The van der Waals surface area contributed by atoms with Gasteiger partial charge in [0.25, 0.3) is 5.97 Å². The van der Waals surface area contributed by atoms with Gasteiger partial charge in [0.2, 0.25) is 11.8 Å². The second kappa shape index (κ2) is 7.61. The maximum atomic E-state index is 11.4. The van der Waals surface area contributed by atoms with Crippen molar-refractivity contribution in [2.75, 3.05) is 6.54 Å². The van der Waals surface area contributed by atoms with Gasteiger partial charge in [0.1, 0.15) is 6.04 Å². The Labute approximate surface area is 99.7 Å². The van der Waals surface area contributed by atoms with Gasteiger partial charge >= 0.3 is 0 Å². The van der Waals surface area contributed by atoms with Gasteiger partial charge in [-0.25, -0.2) is 0 Å². The van der Waals surface area contributed by atoms with Gasteiger partial charge in [-0.15, -0.1) is 0 Å². The summed E-state index contributed by atoms with van der Waals surface area (Å²) >= 11 is 0. The van der Waals surface area contributed by atoms with Gasteiger partial charge in [-0.1, -0.05) is 0 Å². The van der Waals surface area contributed by atoms with Crippen LogP contribution in [-0.2, 0) is 14.4 Å². The van der Waals surface area contributed by atoms with E-state index in [1.165, 1.54) is 0 Å². The molecule has 0 aromatic carbocycles. The molecule has 2 amide bonds. The summed E-state index contributed by atoms with van der Waals surface area (Å²) in [4.78, 5) is 31.0. The van der Waals surface area contributed by atoms with Crippen LogP contribution in [0.5, 0.6) is 0 Å². The fraction of sp³-hybridized carbons (Fsp3) is 0.700. The second-order valence-corrected chi connectivity index (χ2v) is 3.80. The second-order valence-electron chi connectivity index (χ2n) is 3.80. The van der Waals surface area contributed by atoms with Crippen molar-refractivity contribution in [1.29, 1.82) is 0 Å². The molecule has 0 unspecified atom stereocenters. The van der Waals surface area contributed by atoms with Gasteiger partial charge in [0, 0.05) is 6.92 Å². The van der Waals surface area contributed by atoms with E-state index in [4.69, 9.17) is 15.6 Å². The van der Waals surface area contributed by atoms with Crippen LogP contribution in [0.1, 0.15) is 26.7 Å². The van der Waals surface area contributed by atoms with E-state index in [1.807, 2.05) is 0 Å². The van der Waals surface area contributed by atoms with Gasteiger partial charge in [0.15, 0.2) is 0 Å². The highest BCUT2D eigenvalue weighted by molar-refractivity contribution is 5.88. The number of rotatable bonds is 3. The van der Waals surface area contributed by atoms with E-state index in [-0.39, 0.29) is 11.9 Å². The molecule has 0 aliphatic carbocycles. The Morgan fingerprint density at radius 1 is 1.47 bits per heavy atom. The molecule has 0 spiro atoms. The highest BCUT2D eigenvalue weighted by atomic mass is 16.4. The number of carboxylic acids is 1. The number of hydrogen-bond acceptors (Lipinski definition) is 4. The molecule has 1 aliphatic rings. The molecule has 2 atom stereocenters. The largest absolute Gasteiger partial charge is 0.481 e. The third kappa shape index (κ3) is 7.29. The summed E-state index contributed by atoms with van der Waals surface area (Å²) in [5.41, 5.74) is 5.01. The van der Waals surface area contributed by atoms with E-state index in [0.29, 0.717) is 0 Å². The molecule has 0 aromatic rings. The number of primary amides is 1. The van der Waals surface area contributed by atoms with Crippen LogP contribution in [-0.4, -0.2) is 41.5 Å². The Kier molecular flexibility index (Phi) is 6.88. The first-order valence-corrected chi connectivity index (χ1v) is 5.37. The molecule has 1 fully saturated rings.